The van der Waals surface area contributed by atoms with E-state index in [1.165, 1.54) is 51.4 Å². The summed E-state index contributed by atoms with van der Waals surface area (Å²) < 4.78 is 17.2. The molecule has 0 saturated heterocycles. The van der Waals surface area contributed by atoms with Crippen LogP contribution in [0, 0.1) is 0 Å². The maximum absolute atomic E-state index is 12.7. The van der Waals surface area contributed by atoms with Crippen molar-refractivity contribution < 1.29 is 38.2 Å². The highest BCUT2D eigenvalue weighted by Crippen LogP contribution is 2.14. The lowest BCUT2D eigenvalue weighted by molar-refractivity contribution is -0.887. The quantitative estimate of drug-likeness (QED) is 0.0221. The fraction of sp³-hybridized carbons (Fsp3) is 0.717. The van der Waals surface area contributed by atoms with E-state index in [0.29, 0.717) is 19.3 Å². The SMILES string of the molecule is CC/C=C/C/C=C/C/C=C/CCCCCCCCCCCC(=O)OC(COCCC(C(=O)O)[N+](C)(C)C)COC(=O)CCCCC/C=C/C=C/CCCC. The summed E-state index contributed by atoms with van der Waals surface area (Å²) in [4.78, 5) is 36.9. The second kappa shape index (κ2) is 37.0. The van der Waals surface area contributed by atoms with Crippen molar-refractivity contribution in [3.8, 4) is 0 Å². The van der Waals surface area contributed by atoms with Gasteiger partial charge in [0.15, 0.2) is 12.1 Å². The Hall–Kier alpha value is -2.97. The zero-order chi connectivity index (χ0) is 40.0. The number of hydrogen-bond donors (Lipinski definition) is 1. The first-order chi connectivity index (χ1) is 26.1. The molecule has 0 aromatic heterocycles. The molecular formula is C46H80NO7+. The van der Waals surface area contributed by atoms with Crippen LogP contribution in [0.3, 0.4) is 0 Å². The van der Waals surface area contributed by atoms with Gasteiger partial charge < -0.3 is 23.8 Å². The molecule has 8 nitrogen and oxygen atoms in total. The van der Waals surface area contributed by atoms with Gasteiger partial charge in [-0.25, -0.2) is 4.79 Å². The van der Waals surface area contributed by atoms with Crippen molar-refractivity contribution in [2.24, 2.45) is 0 Å². The van der Waals surface area contributed by atoms with Crippen LogP contribution < -0.4 is 0 Å². The van der Waals surface area contributed by atoms with Crippen LogP contribution in [-0.4, -0.2) is 80.6 Å². The number of aliphatic carboxylic acids is 1. The molecule has 0 aromatic carbocycles. The van der Waals surface area contributed by atoms with Gasteiger partial charge in [-0.05, 0) is 64.2 Å². The number of likely N-dealkylation sites (N-methyl/N-ethyl adjacent to an activating group) is 1. The normalized spacial score (nSPS) is 13.6. The fourth-order valence-corrected chi connectivity index (χ4v) is 5.85. The molecule has 2 atom stereocenters. The van der Waals surface area contributed by atoms with Crippen molar-refractivity contribution in [3.05, 3.63) is 60.8 Å². The molecular weight excluding hydrogens is 679 g/mol. The molecule has 0 rings (SSSR count). The smallest absolute Gasteiger partial charge is 0.362 e. The fourth-order valence-electron chi connectivity index (χ4n) is 5.85. The zero-order valence-corrected chi connectivity index (χ0v) is 35.2. The average molecular weight is 759 g/mol. The van der Waals surface area contributed by atoms with E-state index in [4.69, 9.17) is 14.2 Å². The summed E-state index contributed by atoms with van der Waals surface area (Å²) in [5, 5.41) is 9.60. The molecule has 0 saturated carbocycles. The van der Waals surface area contributed by atoms with Gasteiger partial charge in [0.2, 0.25) is 0 Å². The van der Waals surface area contributed by atoms with Gasteiger partial charge in [-0.15, -0.1) is 0 Å². The lowest BCUT2D eigenvalue weighted by Gasteiger charge is -2.31. The number of ether oxygens (including phenoxy) is 3. The molecule has 310 valence electrons. The molecule has 1 N–H and O–H groups in total. The van der Waals surface area contributed by atoms with Gasteiger partial charge in [0.1, 0.15) is 6.61 Å². The Bertz CT molecular complexity index is 1070. The molecule has 0 radical (unpaired) electrons. The highest BCUT2D eigenvalue weighted by Gasteiger charge is 2.31. The lowest BCUT2D eigenvalue weighted by Crippen LogP contribution is -2.50. The second-order valence-electron chi connectivity index (χ2n) is 15.2. The van der Waals surface area contributed by atoms with Gasteiger partial charge in [0.05, 0.1) is 34.4 Å². The van der Waals surface area contributed by atoms with Crippen LogP contribution in [0.1, 0.15) is 162 Å². The molecule has 8 heteroatoms. The number of esters is 2. The van der Waals surface area contributed by atoms with E-state index in [1.54, 1.807) is 0 Å². The first-order valence-corrected chi connectivity index (χ1v) is 21.3. The lowest BCUT2D eigenvalue weighted by atomic mass is 10.1. The van der Waals surface area contributed by atoms with Gasteiger partial charge in [-0.2, -0.15) is 0 Å². The van der Waals surface area contributed by atoms with E-state index >= 15 is 0 Å². The third-order valence-corrected chi connectivity index (χ3v) is 9.18. The van der Waals surface area contributed by atoms with Gasteiger partial charge in [0.25, 0.3) is 0 Å². The Morgan fingerprint density at radius 1 is 0.593 bits per heavy atom. The molecule has 0 heterocycles. The Morgan fingerprint density at radius 2 is 1.09 bits per heavy atom. The highest BCUT2D eigenvalue weighted by atomic mass is 16.6. The van der Waals surface area contributed by atoms with E-state index in [0.717, 1.165) is 77.0 Å². The number of carboxylic acid groups (broad SMARTS) is 1. The third-order valence-electron chi connectivity index (χ3n) is 9.18. The van der Waals surface area contributed by atoms with Crippen molar-refractivity contribution in [1.82, 2.24) is 0 Å². The van der Waals surface area contributed by atoms with Crippen molar-refractivity contribution in [2.75, 3.05) is 41.0 Å². The standard InChI is InChI=1S/C46H79NO7/c1-6-8-10-12-14-16-18-19-20-21-22-23-24-25-27-29-31-33-35-37-45(49)54-42(40-52-39-38-43(46(50)51)47(3,4)5)41-53-44(48)36-34-32-30-28-26-17-15-13-11-9-7-2/h8,10,13-17,19-20,26,42-43H,6-7,9,11-12,18,21-25,27-41H2,1-5H3/p+1/b10-8+,15-13+,16-14+,20-19+,26-17+. The minimum Gasteiger partial charge on any atom is -0.477 e. The highest BCUT2D eigenvalue weighted by molar-refractivity contribution is 5.72. The average Bonchev–Trinajstić information content (AvgIpc) is 3.12. The van der Waals surface area contributed by atoms with Crippen molar-refractivity contribution in [1.29, 1.82) is 0 Å². The van der Waals surface area contributed by atoms with Crippen LogP contribution >= 0.6 is 0 Å². The molecule has 0 fully saturated rings. The van der Waals surface area contributed by atoms with Gasteiger partial charge in [0, 0.05) is 19.3 Å². The maximum atomic E-state index is 12.7. The summed E-state index contributed by atoms with van der Waals surface area (Å²) >= 11 is 0. The van der Waals surface area contributed by atoms with Crippen LogP contribution in [0.15, 0.2) is 60.8 Å². The molecule has 2 unspecified atom stereocenters. The van der Waals surface area contributed by atoms with Crippen molar-refractivity contribution >= 4 is 17.9 Å². The predicted molar refractivity (Wildman–Crippen MR) is 224 cm³/mol. The Balaban J connectivity index is 4.36. The molecule has 0 bridgehead atoms. The number of allylic oxidation sites excluding steroid dienone is 10. The monoisotopic (exact) mass is 759 g/mol. The molecule has 0 aliphatic heterocycles. The summed E-state index contributed by atoms with van der Waals surface area (Å²) in [7, 11) is 5.51. The van der Waals surface area contributed by atoms with E-state index < -0.39 is 18.1 Å². The Morgan fingerprint density at radius 3 is 1.67 bits per heavy atom. The third kappa shape index (κ3) is 34.8. The summed E-state index contributed by atoms with van der Waals surface area (Å²) in [6.45, 7) is 4.52. The van der Waals surface area contributed by atoms with Crippen molar-refractivity contribution in [3.63, 3.8) is 0 Å². The first-order valence-electron chi connectivity index (χ1n) is 21.3. The molecule has 0 spiro atoms. The molecule has 0 aromatic rings. The van der Waals surface area contributed by atoms with Gasteiger partial charge in [-0.1, -0.05) is 139 Å². The topological polar surface area (TPSA) is 99.1 Å². The maximum Gasteiger partial charge on any atom is 0.362 e. The van der Waals surface area contributed by atoms with Crippen molar-refractivity contribution in [2.45, 2.75) is 174 Å². The van der Waals surface area contributed by atoms with E-state index in [9.17, 15) is 19.5 Å². The molecule has 54 heavy (non-hydrogen) atoms. The van der Waals surface area contributed by atoms with E-state index in [1.807, 2.05) is 21.1 Å². The summed E-state index contributed by atoms with van der Waals surface area (Å²) in [6.07, 6.45) is 44.1. The largest absolute Gasteiger partial charge is 0.477 e. The minimum atomic E-state index is -0.882. The van der Waals surface area contributed by atoms with E-state index in [-0.39, 0.29) is 36.2 Å². The summed E-state index contributed by atoms with van der Waals surface area (Å²) in [6, 6.07) is -0.620. The number of quaternary nitrogens is 1. The number of rotatable bonds is 37. The number of hydrogen-bond acceptors (Lipinski definition) is 6. The number of nitrogens with zero attached hydrogens (tertiary/aromatic N) is 1. The molecule has 0 aliphatic carbocycles. The Kier molecular flexibility index (Phi) is 34.9. The predicted octanol–water partition coefficient (Wildman–Crippen LogP) is 11.4. The van der Waals surface area contributed by atoms with Crippen LogP contribution in [0.5, 0.6) is 0 Å². The number of carbonyl (C=O) groups is 3. The van der Waals surface area contributed by atoms with Crippen LogP contribution in [-0.2, 0) is 28.6 Å². The van der Waals surface area contributed by atoms with Crippen LogP contribution in [0.2, 0.25) is 0 Å². The molecule has 0 amide bonds. The minimum absolute atomic E-state index is 0.0482. The number of carboxylic acids is 1. The number of unbranched alkanes of at least 4 members (excludes halogenated alkanes) is 14. The number of carbonyl (C=O) groups excluding carboxylic acids is 2. The van der Waals surface area contributed by atoms with Crippen LogP contribution in [0.25, 0.3) is 0 Å². The summed E-state index contributed by atoms with van der Waals surface area (Å²) in [5.74, 6) is -1.52. The Labute approximate surface area is 330 Å². The van der Waals surface area contributed by atoms with Crippen LogP contribution in [0.4, 0.5) is 0 Å². The van der Waals surface area contributed by atoms with Gasteiger partial charge >= 0.3 is 17.9 Å². The second-order valence-corrected chi connectivity index (χ2v) is 15.2. The van der Waals surface area contributed by atoms with Gasteiger partial charge in [-0.3, -0.25) is 9.59 Å². The zero-order valence-electron chi connectivity index (χ0n) is 35.2. The summed E-state index contributed by atoms with van der Waals surface area (Å²) in [5.41, 5.74) is 0. The first kappa shape index (κ1) is 51.0. The molecule has 0 aliphatic rings. The van der Waals surface area contributed by atoms with E-state index in [2.05, 4.69) is 74.6 Å².